The molecule has 2 unspecified atom stereocenters. The molecule has 138 valence electrons. The number of nitrogens with zero attached hydrogens (tertiary/aromatic N) is 1. The van der Waals surface area contributed by atoms with Crippen molar-refractivity contribution in [3.63, 3.8) is 0 Å². The lowest BCUT2D eigenvalue weighted by Crippen LogP contribution is -2.35. The first-order chi connectivity index (χ1) is 11.6. The Morgan fingerprint density at radius 2 is 2.00 bits per heavy atom. The summed E-state index contributed by atoms with van der Waals surface area (Å²) in [6, 6.07) is 2.91. The van der Waals surface area contributed by atoms with Crippen LogP contribution in [0.15, 0.2) is 12.1 Å². The molecule has 1 aliphatic rings. The summed E-state index contributed by atoms with van der Waals surface area (Å²) < 4.78 is 10.3. The van der Waals surface area contributed by atoms with Gasteiger partial charge >= 0.3 is 5.97 Å². The monoisotopic (exact) mass is 350 g/mol. The van der Waals surface area contributed by atoms with E-state index in [2.05, 4.69) is 26.1 Å². The molecule has 0 bridgehead atoms. The van der Waals surface area contributed by atoms with Gasteiger partial charge in [-0.15, -0.1) is 0 Å². The molecule has 25 heavy (non-hydrogen) atoms. The quantitative estimate of drug-likeness (QED) is 0.371. The SMILES string of the molecule is COc1cc(NC2CC(C)CC(C)(C)C2)c([N+](=O)[O-])cc1OC(C)=O. The molecule has 0 spiro atoms. The number of methoxy groups -OCH3 is 1. The van der Waals surface area contributed by atoms with Gasteiger partial charge in [0.2, 0.25) is 0 Å². The predicted octanol–water partition coefficient (Wildman–Crippen LogP) is 4.16. The second-order valence-corrected chi connectivity index (χ2v) is 7.63. The summed E-state index contributed by atoms with van der Waals surface area (Å²) in [6.45, 7) is 7.88. The minimum absolute atomic E-state index is 0.0459. The first-order valence-corrected chi connectivity index (χ1v) is 8.42. The van der Waals surface area contributed by atoms with Gasteiger partial charge in [0.25, 0.3) is 5.69 Å². The number of rotatable bonds is 5. The zero-order chi connectivity index (χ0) is 18.8. The van der Waals surface area contributed by atoms with Crippen LogP contribution in [0.25, 0.3) is 0 Å². The van der Waals surface area contributed by atoms with Crippen LogP contribution < -0.4 is 14.8 Å². The van der Waals surface area contributed by atoms with E-state index < -0.39 is 10.9 Å². The summed E-state index contributed by atoms with van der Waals surface area (Å²) in [5, 5.41) is 14.8. The number of anilines is 1. The fraction of sp³-hybridized carbons (Fsp3) is 0.611. The minimum atomic E-state index is -0.559. The Bertz CT molecular complexity index is 672. The van der Waals surface area contributed by atoms with Crippen LogP contribution in [-0.2, 0) is 4.79 Å². The van der Waals surface area contributed by atoms with Gasteiger partial charge in [0.15, 0.2) is 11.5 Å². The van der Waals surface area contributed by atoms with Gasteiger partial charge < -0.3 is 14.8 Å². The molecule has 1 aliphatic carbocycles. The van der Waals surface area contributed by atoms with E-state index in [4.69, 9.17) is 9.47 Å². The molecular weight excluding hydrogens is 324 g/mol. The van der Waals surface area contributed by atoms with Gasteiger partial charge in [-0.25, -0.2) is 0 Å². The van der Waals surface area contributed by atoms with Crippen molar-refractivity contribution >= 4 is 17.3 Å². The fourth-order valence-corrected chi connectivity index (χ4v) is 3.89. The van der Waals surface area contributed by atoms with E-state index in [-0.39, 0.29) is 28.6 Å². The second kappa shape index (κ2) is 7.29. The van der Waals surface area contributed by atoms with Crippen molar-refractivity contribution in [2.75, 3.05) is 12.4 Å². The zero-order valence-electron chi connectivity index (χ0n) is 15.4. The first kappa shape index (κ1) is 19.0. The largest absolute Gasteiger partial charge is 0.493 e. The standard InChI is InChI=1S/C18H26N2O5/c1-11-6-13(10-18(3,4)9-11)19-14-7-16(24-5)17(25-12(2)21)8-15(14)20(22)23/h7-8,11,13,19H,6,9-10H2,1-5H3. The summed E-state index contributed by atoms with van der Waals surface area (Å²) in [5.74, 6) is 0.315. The normalized spacial score (nSPS) is 22.1. The number of ether oxygens (including phenoxy) is 2. The van der Waals surface area contributed by atoms with Crippen molar-refractivity contribution < 1.29 is 19.2 Å². The number of carbonyl (C=O) groups is 1. The molecule has 7 nitrogen and oxygen atoms in total. The number of benzene rings is 1. The molecule has 0 saturated heterocycles. The summed E-state index contributed by atoms with van der Waals surface area (Å²) in [6.07, 6.45) is 3.03. The third-order valence-electron chi connectivity index (χ3n) is 4.48. The maximum atomic E-state index is 11.5. The lowest BCUT2D eigenvalue weighted by Gasteiger charge is -2.39. The lowest BCUT2D eigenvalue weighted by molar-refractivity contribution is -0.384. The van der Waals surface area contributed by atoms with E-state index in [1.54, 1.807) is 0 Å². The van der Waals surface area contributed by atoms with Crippen molar-refractivity contribution in [1.29, 1.82) is 0 Å². The topological polar surface area (TPSA) is 90.7 Å². The Labute approximate surface area is 147 Å². The molecule has 0 aromatic heterocycles. The van der Waals surface area contributed by atoms with Crippen LogP contribution >= 0.6 is 0 Å². The molecule has 0 aliphatic heterocycles. The zero-order valence-corrected chi connectivity index (χ0v) is 15.4. The lowest BCUT2D eigenvalue weighted by atomic mass is 9.70. The van der Waals surface area contributed by atoms with Crippen molar-refractivity contribution in [2.24, 2.45) is 11.3 Å². The maximum absolute atomic E-state index is 11.5. The van der Waals surface area contributed by atoms with Crippen LogP contribution in [0.5, 0.6) is 11.5 Å². The van der Waals surface area contributed by atoms with Gasteiger partial charge in [-0.1, -0.05) is 20.8 Å². The third-order valence-corrected chi connectivity index (χ3v) is 4.48. The van der Waals surface area contributed by atoms with Crippen LogP contribution in [-0.4, -0.2) is 24.0 Å². The highest BCUT2D eigenvalue weighted by atomic mass is 16.6. The Morgan fingerprint density at radius 3 is 2.52 bits per heavy atom. The van der Waals surface area contributed by atoms with Crippen LogP contribution in [0.1, 0.15) is 47.0 Å². The molecule has 1 saturated carbocycles. The highest BCUT2D eigenvalue weighted by Gasteiger charge is 2.33. The Morgan fingerprint density at radius 1 is 1.32 bits per heavy atom. The van der Waals surface area contributed by atoms with Gasteiger partial charge in [0.05, 0.1) is 18.1 Å². The van der Waals surface area contributed by atoms with Gasteiger partial charge in [0, 0.05) is 19.0 Å². The van der Waals surface area contributed by atoms with E-state index in [9.17, 15) is 14.9 Å². The number of carbonyl (C=O) groups excluding carboxylic acids is 1. The third kappa shape index (κ3) is 4.84. The smallest absolute Gasteiger partial charge is 0.308 e. The summed E-state index contributed by atoms with van der Waals surface area (Å²) in [5.41, 5.74) is 0.437. The maximum Gasteiger partial charge on any atom is 0.308 e. The van der Waals surface area contributed by atoms with Gasteiger partial charge in [-0.05, 0) is 30.6 Å². The fourth-order valence-electron chi connectivity index (χ4n) is 3.89. The molecular formula is C18H26N2O5. The van der Waals surface area contributed by atoms with Crippen LogP contribution in [0.3, 0.4) is 0 Å². The Kier molecular flexibility index (Phi) is 5.55. The van der Waals surface area contributed by atoms with E-state index in [1.807, 2.05) is 0 Å². The van der Waals surface area contributed by atoms with Crippen molar-refractivity contribution in [3.05, 3.63) is 22.2 Å². The summed E-state index contributed by atoms with van der Waals surface area (Å²) in [7, 11) is 1.43. The highest BCUT2D eigenvalue weighted by molar-refractivity contribution is 5.74. The molecule has 0 amide bonds. The van der Waals surface area contributed by atoms with E-state index in [0.29, 0.717) is 11.6 Å². The van der Waals surface area contributed by atoms with Crippen LogP contribution in [0.2, 0.25) is 0 Å². The summed E-state index contributed by atoms with van der Waals surface area (Å²) in [4.78, 5) is 22.2. The molecule has 2 atom stereocenters. The predicted molar refractivity (Wildman–Crippen MR) is 95.2 cm³/mol. The van der Waals surface area contributed by atoms with Gasteiger partial charge in [0.1, 0.15) is 5.69 Å². The number of nitrogens with one attached hydrogen (secondary N) is 1. The van der Waals surface area contributed by atoms with E-state index in [1.165, 1.54) is 26.2 Å². The molecule has 0 heterocycles. The molecule has 7 heteroatoms. The number of hydrogen-bond donors (Lipinski definition) is 1. The Balaban J connectivity index is 2.35. The second-order valence-electron chi connectivity index (χ2n) is 7.63. The Hall–Kier alpha value is -2.31. The molecule has 1 N–H and O–H groups in total. The van der Waals surface area contributed by atoms with Gasteiger partial charge in [-0.3, -0.25) is 14.9 Å². The van der Waals surface area contributed by atoms with Crippen LogP contribution in [0.4, 0.5) is 11.4 Å². The number of hydrogen-bond acceptors (Lipinski definition) is 6. The van der Waals surface area contributed by atoms with Crippen molar-refractivity contribution in [3.8, 4) is 11.5 Å². The van der Waals surface area contributed by atoms with Gasteiger partial charge in [-0.2, -0.15) is 0 Å². The summed E-state index contributed by atoms with van der Waals surface area (Å²) >= 11 is 0. The molecule has 1 fully saturated rings. The van der Waals surface area contributed by atoms with Crippen LogP contribution in [0, 0.1) is 21.4 Å². The average molecular weight is 350 g/mol. The minimum Gasteiger partial charge on any atom is -0.493 e. The number of esters is 1. The number of nitro groups is 1. The number of nitro benzene ring substituents is 1. The van der Waals surface area contributed by atoms with E-state index in [0.717, 1.165) is 19.3 Å². The first-order valence-electron chi connectivity index (χ1n) is 8.42. The highest BCUT2D eigenvalue weighted by Crippen LogP contribution is 2.42. The van der Waals surface area contributed by atoms with Crippen molar-refractivity contribution in [1.82, 2.24) is 0 Å². The molecule has 0 radical (unpaired) electrons. The van der Waals surface area contributed by atoms with E-state index >= 15 is 0 Å². The molecule has 2 rings (SSSR count). The molecule has 1 aromatic rings. The molecule has 1 aromatic carbocycles. The average Bonchev–Trinajstić information content (AvgIpc) is 2.45. The van der Waals surface area contributed by atoms with Crippen molar-refractivity contribution in [2.45, 2.75) is 53.0 Å².